The average molecular weight is 482 g/mol. The van der Waals surface area contributed by atoms with Crippen LogP contribution in [-0.2, 0) is 12.5 Å². The van der Waals surface area contributed by atoms with E-state index in [2.05, 4.69) is 153 Å². The summed E-state index contributed by atoms with van der Waals surface area (Å²) in [5, 5.41) is 2.49. The normalized spacial score (nSPS) is 11.9. The van der Waals surface area contributed by atoms with Crippen LogP contribution in [0.2, 0.25) is 0 Å². The van der Waals surface area contributed by atoms with Gasteiger partial charge in [0.15, 0.2) is 11.0 Å². The first-order valence-electron chi connectivity index (χ1n) is 13.0. The maximum atomic E-state index is 2.47. The Bertz CT molecular complexity index is 1760. The van der Waals surface area contributed by atoms with E-state index in [1.54, 1.807) is 0 Å². The van der Waals surface area contributed by atoms with E-state index in [-0.39, 0.29) is 5.41 Å². The van der Waals surface area contributed by atoms with Gasteiger partial charge in [0.1, 0.15) is 5.69 Å². The number of imidazole rings is 1. The van der Waals surface area contributed by atoms with Crippen LogP contribution in [0.1, 0.15) is 31.9 Å². The third-order valence-corrected chi connectivity index (χ3v) is 7.57. The van der Waals surface area contributed by atoms with Crippen molar-refractivity contribution in [3.8, 4) is 28.2 Å². The lowest BCUT2D eigenvalue weighted by molar-refractivity contribution is -0.633. The second kappa shape index (κ2) is 8.74. The highest BCUT2D eigenvalue weighted by molar-refractivity contribution is 5.94. The molecule has 6 aromatic rings. The molecule has 0 spiro atoms. The Morgan fingerprint density at radius 2 is 1.41 bits per heavy atom. The van der Waals surface area contributed by atoms with Crippen molar-refractivity contribution in [3.63, 3.8) is 0 Å². The minimum atomic E-state index is 0.0673. The molecule has 0 N–H and O–H groups in total. The predicted octanol–water partition coefficient (Wildman–Crippen LogP) is 8.55. The summed E-state index contributed by atoms with van der Waals surface area (Å²) in [6.07, 6.45) is 0. The van der Waals surface area contributed by atoms with E-state index >= 15 is 0 Å². The zero-order chi connectivity index (χ0) is 25.7. The largest absolute Gasteiger partial charge is 0.295 e. The van der Waals surface area contributed by atoms with Crippen molar-refractivity contribution in [1.29, 1.82) is 0 Å². The SMILES string of the molecule is Cc1ccc(C(C)(C)C)cc1-c1n(-c2cccc3ccccc23)c2cc(-c3ccccc3)ccc2[n+]1C. The first kappa shape index (κ1) is 23.2. The number of hydrogen-bond donors (Lipinski definition) is 0. The number of fused-ring (bicyclic) bond motifs is 2. The van der Waals surface area contributed by atoms with Gasteiger partial charge in [0.2, 0.25) is 0 Å². The molecule has 0 atom stereocenters. The van der Waals surface area contributed by atoms with Crippen LogP contribution in [-0.4, -0.2) is 4.57 Å². The van der Waals surface area contributed by atoms with Crippen molar-refractivity contribution in [2.75, 3.05) is 0 Å². The number of rotatable bonds is 3. The molecular weight excluding hydrogens is 448 g/mol. The highest BCUT2D eigenvalue weighted by Gasteiger charge is 2.29. The number of hydrogen-bond acceptors (Lipinski definition) is 0. The summed E-state index contributed by atoms with van der Waals surface area (Å²) in [7, 11) is 2.20. The Hall–Kier alpha value is -4.17. The lowest BCUT2D eigenvalue weighted by Gasteiger charge is -2.20. The van der Waals surface area contributed by atoms with Crippen LogP contribution in [0, 0.1) is 6.92 Å². The van der Waals surface area contributed by atoms with Crippen molar-refractivity contribution in [1.82, 2.24) is 4.57 Å². The van der Waals surface area contributed by atoms with Crippen LogP contribution in [0.3, 0.4) is 0 Å². The Morgan fingerprint density at radius 1 is 0.676 bits per heavy atom. The summed E-state index contributed by atoms with van der Waals surface area (Å²) in [5.74, 6) is 1.19. The number of benzene rings is 5. The average Bonchev–Trinajstić information content (AvgIpc) is 3.19. The van der Waals surface area contributed by atoms with Gasteiger partial charge in [-0.3, -0.25) is 0 Å². The topological polar surface area (TPSA) is 8.81 Å². The van der Waals surface area contributed by atoms with E-state index < -0.39 is 0 Å². The lowest BCUT2D eigenvalue weighted by atomic mass is 9.85. The van der Waals surface area contributed by atoms with Crippen molar-refractivity contribution >= 4 is 21.8 Å². The van der Waals surface area contributed by atoms with Crippen LogP contribution < -0.4 is 4.57 Å². The summed E-state index contributed by atoms with van der Waals surface area (Å²) in [4.78, 5) is 0. The van der Waals surface area contributed by atoms with Gasteiger partial charge in [-0.1, -0.05) is 99.6 Å². The van der Waals surface area contributed by atoms with Crippen LogP contribution >= 0.6 is 0 Å². The second-order valence-electron chi connectivity index (χ2n) is 11.1. The van der Waals surface area contributed by atoms with Crippen molar-refractivity contribution in [3.05, 3.63) is 120 Å². The van der Waals surface area contributed by atoms with Crippen LogP contribution in [0.15, 0.2) is 109 Å². The summed E-state index contributed by atoms with van der Waals surface area (Å²) in [6.45, 7) is 9.08. The zero-order valence-corrected chi connectivity index (χ0v) is 22.3. The molecule has 0 aliphatic carbocycles. The van der Waals surface area contributed by atoms with Gasteiger partial charge < -0.3 is 0 Å². The quantitative estimate of drug-likeness (QED) is 0.224. The van der Waals surface area contributed by atoms with Gasteiger partial charge in [-0.05, 0) is 70.3 Å². The minimum Gasteiger partial charge on any atom is -0.225 e. The van der Waals surface area contributed by atoms with Crippen LogP contribution in [0.25, 0.3) is 50.0 Å². The first-order valence-corrected chi connectivity index (χ1v) is 13.0. The third kappa shape index (κ3) is 3.94. The number of aryl methyl sites for hydroxylation is 2. The molecule has 1 heterocycles. The molecule has 0 amide bonds. The Morgan fingerprint density at radius 3 is 2.19 bits per heavy atom. The predicted molar refractivity (Wildman–Crippen MR) is 156 cm³/mol. The van der Waals surface area contributed by atoms with Gasteiger partial charge in [0.05, 0.1) is 12.6 Å². The molecule has 0 saturated carbocycles. The fourth-order valence-electron chi connectivity index (χ4n) is 5.45. The molecule has 0 unspecified atom stereocenters. The van der Waals surface area contributed by atoms with Crippen molar-refractivity contribution in [2.24, 2.45) is 7.05 Å². The molecule has 2 heteroatoms. The maximum Gasteiger partial charge on any atom is 0.295 e. The third-order valence-electron chi connectivity index (χ3n) is 7.57. The van der Waals surface area contributed by atoms with Crippen LogP contribution in [0.4, 0.5) is 0 Å². The number of aromatic nitrogens is 2. The fraction of sp³-hybridized carbons (Fsp3) is 0.171. The van der Waals surface area contributed by atoms with E-state index in [1.807, 2.05) is 0 Å². The number of nitrogens with zero attached hydrogens (tertiary/aromatic N) is 2. The lowest BCUT2D eigenvalue weighted by Crippen LogP contribution is -2.30. The highest BCUT2D eigenvalue weighted by Crippen LogP contribution is 2.36. The molecule has 0 saturated heterocycles. The van der Waals surface area contributed by atoms with E-state index in [4.69, 9.17) is 0 Å². The van der Waals surface area contributed by atoms with E-state index in [0.29, 0.717) is 0 Å². The molecule has 6 rings (SSSR count). The molecular formula is C35H33N2+. The molecule has 5 aromatic carbocycles. The van der Waals surface area contributed by atoms with Gasteiger partial charge in [0, 0.05) is 5.39 Å². The molecule has 1 aromatic heterocycles. The van der Waals surface area contributed by atoms with E-state index in [9.17, 15) is 0 Å². The van der Waals surface area contributed by atoms with E-state index in [1.165, 1.54) is 61.1 Å². The Balaban J connectivity index is 1.75. The van der Waals surface area contributed by atoms with E-state index in [0.717, 1.165) is 0 Å². The maximum absolute atomic E-state index is 2.47. The van der Waals surface area contributed by atoms with Gasteiger partial charge in [-0.25, -0.2) is 4.57 Å². The van der Waals surface area contributed by atoms with Gasteiger partial charge >= 0.3 is 0 Å². The minimum absolute atomic E-state index is 0.0673. The summed E-state index contributed by atoms with van der Waals surface area (Å²) in [5.41, 5.74) is 10.0. The highest BCUT2D eigenvalue weighted by atomic mass is 15.2. The zero-order valence-electron chi connectivity index (χ0n) is 22.3. The molecule has 37 heavy (non-hydrogen) atoms. The molecule has 0 aliphatic rings. The van der Waals surface area contributed by atoms with Gasteiger partial charge in [-0.15, -0.1) is 0 Å². The molecule has 0 radical (unpaired) electrons. The smallest absolute Gasteiger partial charge is 0.225 e. The monoisotopic (exact) mass is 481 g/mol. The second-order valence-corrected chi connectivity index (χ2v) is 11.1. The molecule has 0 bridgehead atoms. The summed E-state index contributed by atoms with van der Waals surface area (Å²) in [6, 6.07) is 39.8. The van der Waals surface area contributed by atoms with Crippen molar-refractivity contribution < 1.29 is 4.57 Å². The molecule has 2 nitrogen and oxygen atoms in total. The van der Waals surface area contributed by atoms with Crippen molar-refractivity contribution in [2.45, 2.75) is 33.1 Å². The Kier molecular flexibility index (Phi) is 5.49. The fourth-order valence-corrected chi connectivity index (χ4v) is 5.45. The summed E-state index contributed by atoms with van der Waals surface area (Å²) < 4.78 is 4.83. The Labute approximate surface area is 219 Å². The molecule has 0 aliphatic heterocycles. The molecule has 182 valence electrons. The first-order chi connectivity index (χ1) is 17.8. The summed E-state index contributed by atoms with van der Waals surface area (Å²) >= 11 is 0. The standard InChI is InChI=1S/C35H33N2/c1-24-18-20-28(35(2,3)4)23-30(24)34-36(5)32-21-19-27(25-12-7-6-8-13-25)22-33(32)37(34)31-17-11-15-26-14-9-10-16-29(26)31/h6-23H,1-5H3/q+1. The molecule has 0 fully saturated rings. The van der Waals surface area contributed by atoms with Crippen LogP contribution in [0.5, 0.6) is 0 Å². The van der Waals surface area contributed by atoms with Gasteiger partial charge in [-0.2, -0.15) is 4.57 Å². The van der Waals surface area contributed by atoms with Gasteiger partial charge in [0.25, 0.3) is 5.82 Å².